The summed E-state index contributed by atoms with van der Waals surface area (Å²) >= 11 is 0. The van der Waals surface area contributed by atoms with Gasteiger partial charge in [0.25, 0.3) is 5.91 Å². The first-order chi connectivity index (χ1) is 30.7. The van der Waals surface area contributed by atoms with Crippen molar-refractivity contribution in [3.05, 3.63) is 90.3 Å². The van der Waals surface area contributed by atoms with Crippen molar-refractivity contribution in [2.24, 2.45) is 17.3 Å². The summed E-state index contributed by atoms with van der Waals surface area (Å²) in [6.45, 7) is 14.1. The average molecular weight is 869 g/mol. The van der Waals surface area contributed by atoms with Gasteiger partial charge in [-0.1, -0.05) is 64.6 Å². The number of methoxy groups -OCH3 is 1. The minimum atomic E-state index is -0.959. The smallest absolute Gasteiger partial charge is 0.324 e. The van der Waals surface area contributed by atoms with E-state index in [0.717, 1.165) is 56.5 Å². The number of hydrogen-bond acceptors (Lipinski definition) is 10. The molecule has 3 aliphatic heterocycles. The average Bonchev–Trinajstić information content (AvgIpc) is 3.89. The van der Waals surface area contributed by atoms with Crippen LogP contribution in [0, 0.1) is 28.6 Å². The van der Waals surface area contributed by atoms with Gasteiger partial charge >= 0.3 is 5.97 Å². The van der Waals surface area contributed by atoms with Crippen LogP contribution in [0.15, 0.2) is 73.4 Å². The molecule has 4 aromatic rings. The fraction of sp³-hybridized carbons (Fsp3) is 0.480. The van der Waals surface area contributed by atoms with Gasteiger partial charge in [0.1, 0.15) is 24.7 Å². The molecule has 4 aliphatic rings. The highest BCUT2D eigenvalue weighted by Gasteiger charge is 2.48. The SMILES string of the molecule is C=CC(=O)N1CC[C@H](CN(C)[C@H](C(=O)N[C@H]2Cc3cccc(c3)-c3ccc4c(c3)c3c(n4CC#N)-c4cccnc4[C@@H](OC)C3C(C)(C)COC(=O)[C@@H]3CCCN(N3)C2=O)C(C)C)C1. The molecule has 0 spiro atoms. The van der Waals surface area contributed by atoms with Crippen LogP contribution in [0.5, 0.6) is 0 Å². The van der Waals surface area contributed by atoms with Crippen LogP contribution in [0.3, 0.4) is 0 Å². The van der Waals surface area contributed by atoms with Crippen LogP contribution in [-0.4, -0.2) is 113 Å². The number of likely N-dealkylation sites (N-methyl/N-ethyl adjacent to an activating group) is 1. The van der Waals surface area contributed by atoms with Gasteiger partial charge in [-0.2, -0.15) is 5.26 Å². The van der Waals surface area contributed by atoms with Crippen molar-refractivity contribution in [2.45, 2.75) is 90.1 Å². The molecule has 0 saturated carbocycles. The van der Waals surface area contributed by atoms with Gasteiger partial charge in [0.05, 0.1) is 30.1 Å². The number of fused-ring (bicyclic) bond motifs is 8. The van der Waals surface area contributed by atoms with E-state index in [2.05, 4.69) is 66.1 Å². The third-order valence-corrected chi connectivity index (χ3v) is 13.7. The normalized spacial score (nSPS) is 23.6. The number of ether oxygens (including phenoxy) is 2. The summed E-state index contributed by atoms with van der Waals surface area (Å²) in [5.74, 6) is -1.40. The fourth-order valence-corrected chi connectivity index (χ4v) is 10.8. The molecule has 1 aliphatic carbocycles. The van der Waals surface area contributed by atoms with Crippen LogP contribution in [0.1, 0.15) is 75.8 Å². The third-order valence-electron chi connectivity index (χ3n) is 13.7. The van der Waals surface area contributed by atoms with Crippen LogP contribution in [0.2, 0.25) is 0 Å². The summed E-state index contributed by atoms with van der Waals surface area (Å²) in [4.78, 5) is 64.3. The molecule has 6 bridgehead atoms. The molecule has 2 N–H and O–H groups in total. The second kappa shape index (κ2) is 18.3. The highest BCUT2D eigenvalue weighted by molar-refractivity contribution is 5.97. The van der Waals surface area contributed by atoms with Crippen molar-refractivity contribution in [3.63, 3.8) is 0 Å². The number of amides is 3. The molecule has 2 aromatic carbocycles. The van der Waals surface area contributed by atoms with E-state index < -0.39 is 35.6 Å². The number of carbonyl (C=O) groups is 4. The predicted octanol–water partition coefficient (Wildman–Crippen LogP) is 5.78. The van der Waals surface area contributed by atoms with Crippen molar-refractivity contribution >= 4 is 34.6 Å². The number of nitriles is 1. The molecular formula is C50H60N8O6. The standard InChI is InChI=1S/C50H60N8O6/c1-8-40(59)56-22-18-32(28-56)27-55(6)44(30(2)3)47(60)53-38-25-31-12-9-13-33(24-31)34-16-17-39-36(26-34)41-42(46(63-7)43-35(14-10-20-52-43)45(41)57(39)23-19-51)50(4,5)29-64-49(62)37-15-11-21-58(54-37)48(38)61/h8-10,12-14,16-17,20,24,26,30,32,37-38,42,44,46,54H,1,11,15,18,21-23,25,27-29H2,2-7H3,(H,53,60)/t32-,37+,38+,42?,44+,46+/m1/s1. The summed E-state index contributed by atoms with van der Waals surface area (Å²) in [5.41, 5.74) is 9.67. The summed E-state index contributed by atoms with van der Waals surface area (Å²) < 4.78 is 14.6. The van der Waals surface area contributed by atoms with Crippen molar-refractivity contribution < 1.29 is 28.7 Å². The molecule has 2 fully saturated rings. The number of hydrogen-bond donors (Lipinski definition) is 2. The molecule has 8 rings (SSSR count). The summed E-state index contributed by atoms with van der Waals surface area (Å²) in [7, 11) is 3.61. The number of hydrazine groups is 1. The van der Waals surface area contributed by atoms with E-state index in [1.807, 2.05) is 56.1 Å². The van der Waals surface area contributed by atoms with E-state index in [9.17, 15) is 24.4 Å². The number of benzene rings is 2. The van der Waals surface area contributed by atoms with Gasteiger partial charge in [0.2, 0.25) is 11.8 Å². The topological polar surface area (TPSA) is 162 Å². The van der Waals surface area contributed by atoms with Crippen molar-refractivity contribution in [1.29, 1.82) is 5.26 Å². The Kier molecular flexibility index (Phi) is 12.8. The van der Waals surface area contributed by atoms with E-state index in [1.165, 1.54) is 11.1 Å². The number of rotatable bonds is 9. The number of aromatic nitrogens is 2. The van der Waals surface area contributed by atoms with Crippen molar-refractivity contribution in [1.82, 2.24) is 35.1 Å². The lowest BCUT2D eigenvalue weighted by molar-refractivity contribution is -0.156. The van der Waals surface area contributed by atoms with Gasteiger partial charge in [0.15, 0.2) is 0 Å². The zero-order valence-electron chi connectivity index (χ0n) is 37.8. The molecule has 5 heterocycles. The Morgan fingerprint density at radius 2 is 1.92 bits per heavy atom. The first kappa shape index (κ1) is 44.7. The lowest BCUT2D eigenvalue weighted by Gasteiger charge is -2.42. The summed E-state index contributed by atoms with van der Waals surface area (Å²) in [6, 6.07) is 18.4. The number of likely N-dealkylation sites (tertiary alicyclic amines) is 1. The number of nitrogens with zero attached hydrogens (tertiary/aromatic N) is 6. The Morgan fingerprint density at radius 3 is 2.67 bits per heavy atom. The fourth-order valence-electron chi connectivity index (χ4n) is 10.8. The highest BCUT2D eigenvalue weighted by Crippen LogP contribution is 2.57. The van der Waals surface area contributed by atoms with E-state index in [4.69, 9.17) is 14.5 Å². The lowest BCUT2D eigenvalue weighted by Crippen LogP contribution is -2.62. The van der Waals surface area contributed by atoms with Crippen molar-refractivity contribution in [3.8, 4) is 28.5 Å². The molecular weight excluding hydrogens is 809 g/mol. The van der Waals surface area contributed by atoms with E-state index in [1.54, 1.807) is 18.2 Å². The van der Waals surface area contributed by atoms with Gasteiger partial charge in [-0.05, 0) is 90.7 Å². The third kappa shape index (κ3) is 8.44. The number of nitrogens with one attached hydrogen (secondary N) is 2. The molecule has 336 valence electrons. The maximum absolute atomic E-state index is 14.7. The molecule has 1 unspecified atom stereocenters. The molecule has 2 saturated heterocycles. The predicted molar refractivity (Wildman–Crippen MR) is 243 cm³/mol. The molecule has 6 atom stereocenters. The van der Waals surface area contributed by atoms with Crippen LogP contribution < -0.4 is 10.7 Å². The largest absolute Gasteiger partial charge is 0.464 e. The van der Waals surface area contributed by atoms with Gasteiger partial charge in [0, 0.05) is 73.7 Å². The quantitative estimate of drug-likeness (QED) is 0.156. The number of carbonyl (C=O) groups excluding carboxylic acids is 4. The number of cyclic esters (lactones) is 1. The van der Waals surface area contributed by atoms with Crippen LogP contribution in [0.4, 0.5) is 0 Å². The second-order valence-corrected chi connectivity index (χ2v) is 19.0. The summed E-state index contributed by atoms with van der Waals surface area (Å²) in [6.07, 6.45) is 4.67. The molecule has 0 radical (unpaired) electrons. The number of esters is 1. The minimum Gasteiger partial charge on any atom is -0.464 e. The Hall–Kier alpha value is -5.88. The van der Waals surface area contributed by atoms with Gasteiger partial charge in [-0.25, -0.2) is 5.43 Å². The van der Waals surface area contributed by atoms with Crippen LogP contribution in [0.25, 0.3) is 33.3 Å². The summed E-state index contributed by atoms with van der Waals surface area (Å²) in [5, 5.41) is 15.8. The highest BCUT2D eigenvalue weighted by atomic mass is 16.5. The molecule has 3 amide bonds. The van der Waals surface area contributed by atoms with Gasteiger partial charge in [-0.3, -0.25) is 34.1 Å². The Bertz CT molecular complexity index is 2510. The second-order valence-electron chi connectivity index (χ2n) is 19.0. The molecule has 14 heteroatoms. The maximum Gasteiger partial charge on any atom is 0.324 e. The molecule has 2 aromatic heterocycles. The molecule has 14 nitrogen and oxygen atoms in total. The Labute approximate surface area is 375 Å². The first-order valence-electron chi connectivity index (χ1n) is 22.5. The lowest BCUT2D eigenvalue weighted by atomic mass is 9.67. The van der Waals surface area contributed by atoms with E-state index in [-0.39, 0.29) is 55.0 Å². The Morgan fingerprint density at radius 1 is 1.12 bits per heavy atom. The van der Waals surface area contributed by atoms with E-state index >= 15 is 0 Å². The first-order valence-corrected chi connectivity index (χ1v) is 22.5. The minimum absolute atomic E-state index is 0.0446. The molecule has 64 heavy (non-hydrogen) atoms. The van der Waals surface area contributed by atoms with Crippen LogP contribution in [-0.2, 0) is 41.6 Å². The van der Waals surface area contributed by atoms with Gasteiger partial charge in [-0.15, -0.1) is 0 Å². The maximum atomic E-state index is 14.7. The Balaban J connectivity index is 1.20. The van der Waals surface area contributed by atoms with E-state index in [0.29, 0.717) is 39.0 Å². The monoisotopic (exact) mass is 868 g/mol. The van der Waals surface area contributed by atoms with Crippen molar-refractivity contribution in [2.75, 3.05) is 46.9 Å². The number of pyridine rings is 1. The van der Waals surface area contributed by atoms with Gasteiger partial charge < -0.3 is 24.3 Å². The zero-order chi connectivity index (χ0) is 45.4. The van der Waals surface area contributed by atoms with Crippen LogP contribution >= 0.6 is 0 Å². The zero-order valence-corrected chi connectivity index (χ0v) is 37.8.